The Bertz CT molecular complexity index is 394. The van der Waals surface area contributed by atoms with Crippen molar-refractivity contribution in [3.63, 3.8) is 0 Å². The van der Waals surface area contributed by atoms with Gasteiger partial charge in [-0.05, 0) is 29.8 Å². The van der Waals surface area contributed by atoms with Crippen LogP contribution in [0.25, 0.3) is 10.1 Å². The normalized spacial score (nSPS) is 10.7. The second-order valence-electron chi connectivity index (χ2n) is 2.39. The van der Waals surface area contributed by atoms with Gasteiger partial charge in [0.05, 0.1) is 4.70 Å². The molecule has 0 saturated heterocycles. The third-order valence-corrected chi connectivity index (χ3v) is 2.84. The number of fused-ring (bicyclic) bond motifs is 1. The molecule has 0 spiro atoms. The average Bonchev–Trinajstić information content (AvgIpc) is 2.34. The van der Waals surface area contributed by atoms with Crippen molar-refractivity contribution in [3.05, 3.63) is 28.4 Å². The van der Waals surface area contributed by atoms with Gasteiger partial charge in [0, 0.05) is 5.69 Å². The van der Waals surface area contributed by atoms with E-state index in [0.717, 1.165) is 10.4 Å². The van der Waals surface area contributed by atoms with Gasteiger partial charge in [0.2, 0.25) is 0 Å². The number of aromatic nitrogens is 1. The summed E-state index contributed by atoms with van der Waals surface area (Å²) in [5.41, 5.74) is 0.973. The van der Waals surface area contributed by atoms with Crippen molar-refractivity contribution in [1.82, 2.24) is 4.98 Å². The quantitative estimate of drug-likeness (QED) is 0.572. The van der Waals surface area contributed by atoms with Gasteiger partial charge in [-0.15, -0.1) is 11.3 Å². The van der Waals surface area contributed by atoms with E-state index >= 15 is 0 Å². The summed E-state index contributed by atoms with van der Waals surface area (Å²) in [5.74, 6) is 0. The molecule has 2 aromatic heterocycles. The first-order valence-electron chi connectivity index (χ1n) is 3.28. The predicted octanol–water partition coefficient (Wildman–Crippen LogP) is 3.26. The molecule has 0 fully saturated rings. The van der Waals surface area contributed by atoms with Crippen LogP contribution in [0.15, 0.2) is 17.5 Å². The Morgan fingerprint density at radius 1 is 1.55 bits per heavy atom. The molecule has 0 atom stereocenters. The summed E-state index contributed by atoms with van der Waals surface area (Å²) in [6.45, 7) is 1.95. The van der Waals surface area contributed by atoms with E-state index in [2.05, 4.69) is 11.1 Å². The number of thiophene rings is 1. The molecule has 0 bridgehead atoms. The Morgan fingerprint density at radius 3 is 3.18 bits per heavy atom. The van der Waals surface area contributed by atoms with E-state index < -0.39 is 0 Å². The van der Waals surface area contributed by atoms with E-state index in [-0.39, 0.29) is 0 Å². The molecule has 56 valence electrons. The van der Waals surface area contributed by atoms with Crippen LogP contribution in [0.5, 0.6) is 0 Å². The number of hydrogen-bond acceptors (Lipinski definition) is 2. The van der Waals surface area contributed by atoms with Gasteiger partial charge in [0.1, 0.15) is 5.15 Å². The fourth-order valence-corrected chi connectivity index (χ4v) is 2.20. The number of rotatable bonds is 0. The van der Waals surface area contributed by atoms with Gasteiger partial charge in [-0.1, -0.05) is 11.6 Å². The Morgan fingerprint density at radius 2 is 2.36 bits per heavy atom. The standard InChI is InChI=1S/C8H6ClNS/c1-5-4-6-2-3-11-7(6)8(9)10-5/h2-4H,1H3. The van der Waals surface area contributed by atoms with Crippen molar-refractivity contribution >= 4 is 33.0 Å². The zero-order valence-corrected chi connectivity index (χ0v) is 7.54. The zero-order chi connectivity index (χ0) is 7.84. The molecule has 2 rings (SSSR count). The number of halogens is 1. The largest absolute Gasteiger partial charge is 0.240 e. The Balaban J connectivity index is 2.91. The third-order valence-electron chi connectivity index (χ3n) is 1.52. The minimum Gasteiger partial charge on any atom is -0.240 e. The molecular formula is C8H6ClNS. The first-order chi connectivity index (χ1) is 5.27. The molecule has 0 unspecified atom stereocenters. The molecule has 0 radical (unpaired) electrons. The SMILES string of the molecule is Cc1cc2ccsc2c(Cl)n1. The summed E-state index contributed by atoms with van der Waals surface area (Å²) >= 11 is 7.53. The van der Waals surface area contributed by atoms with E-state index in [9.17, 15) is 0 Å². The summed E-state index contributed by atoms with van der Waals surface area (Å²) in [6, 6.07) is 4.10. The molecular weight excluding hydrogens is 178 g/mol. The van der Waals surface area contributed by atoms with E-state index in [1.165, 1.54) is 5.39 Å². The van der Waals surface area contributed by atoms with Gasteiger partial charge in [-0.25, -0.2) is 4.98 Å². The predicted molar refractivity (Wildman–Crippen MR) is 49.4 cm³/mol. The summed E-state index contributed by atoms with van der Waals surface area (Å²) in [7, 11) is 0. The lowest BCUT2D eigenvalue weighted by Gasteiger charge is -1.94. The number of hydrogen-bond donors (Lipinski definition) is 0. The van der Waals surface area contributed by atoms with Crippen molar-refractivity contribution in [3.8, 4) is 0 Å². The molecule has 0 aliphatic carbocycles. The fraction of sp³-hybridized carbons (Fsp3) is 0.125. The minimum atomic E-state index is 0.620. The molecule has 0 amide bonds. The molecule has 11 heavy (non-hydrogen) atoms. The maximum atomic E-state index is 5.90. The van der Waals surface area contributed by atoms with Crippen molar-refractivity contribution in [2.45, 2.75) is 6.92 Å². The average molecular weight is 184 g/mol. The minimum absolute atomic E-state index is 0.620. The topological polar surface area (TPSA) is 12.9 Å². The molecule has 2 aromatic rings. The highest BCUT2D eigenvalue weighted by atomic mass is 35.5. The van der Waals surface area contributed by atoms with Crippen LogP contribution in [-0.4, -0.2) is 4.98 Å². The van der Waals surface area contributed by atoms with Crippen LogP contribution >= 0.6 is 22.9 Å². The van der Waals surface area contributed by atoms with Crippen LogP contribution in [0, 0.1) is 6.92 Å². The summed E-state index contributed by atoms with van der Waals surface area (Å²) in [6.07, 6.45) is 0. The van der Waals surface area contributed by atoms with Gasteiger partial charge < -0.3 is 0 Å². The van der Waals surface area contributed by atoms with Gasteiger partial charge in [-0.2, -0.15) is 0 Å². The van der Waals surface area contributed by atoms with Crippen molar-refractivity contribution in [1.29, 1.82) is 0 Å². The van der Waals surface area contributed by atoms with Gasteiger partial charge in [0.25, 0.3) is 0 Å². The van der Waals surface area contributed by atoms with Crippen LogP contribution in [0.2, 0.25) is 5.15 Å². The lowest BCUT2D eigenvalue weighted by atomic mass is 10.3. The summed E-state index contributed by atoms with van der Waals surface area (Å²) < 4.78 is 1.08. The number of pyridine rings is 1. The molecule has 3 heteroatoms. The first kappa shape index (κ1) is 7.07. The van der Waals surface area contributed by atoms with Crippen molar-refractivity contribution in [2.24, 2.45) is 0 Å². The lowest BCUT2D eigenvalue weighted by molar-refractivity contribution is 1.23. The molecule has 1 nitrogen and oxygen atoms in total. The van der Waals surface area contributed by atoms with Crippen LogP contribution in [-0.2, 0) is 0 Å². The van der Waals surface area contributed by atoms with Crippen LogP contribution in [0.4, 0.5) is 0 Å². The highest BCUT2D eigenvalue weighted by Crippen LogP contribution is 2.27. The summed E-state index contributed by atoms with van der Waals surface area (Å²) in [4.78, 5) is 4.15. The van der Waals surface area contributed by atoms with E-state index in [4.69, 9.17) is 11.6 Å². The second kappa shape index (κ2) is 2.47. The molecule has 0 saturated carbocycles. The van der Waals surface area contributed by atoms with Crippen LogP contribution in [0.3, 0.4) is 0 Å². The van der Waals surface area contributed by atoms with E-state index in [1.54, 1.807) is 11.3 Å². The monoisotopic (exact) mass is 183 g/mol. The molecule has 2 heterocycles. The first-order valence-corrected chi connectivity index (χ1v) is 4.53. The third kappa shape index (κ3) is 1.12. The lowest BCUT2D eigenvalue weighted by Crippen LogP contribution is -1.79. The van der Waals surface area contributed by atoms with E-state index in [0.29, 0.717) is 5.15 Å². The zero-order valence-electron chi connectivity index (χ0n) is 5.97. The molecule has 0 aliphatic rings. The second-order valence-corrected chi connectivity index (χ2v) is 3.67. The molecule has 0 N–H and O–H groups in total. The Hall–Kier alpha value is -0.600. The maximum Gasteiger partial charge on any atom is 0.147 e. The highest BCUT2D eigenvalue weighted by molar-refractivity contribution is 7.17. The Labute approximate surface area is 73.6 Å². The van der Waals surface area contributed by atoms with Crippen molar-refractivity contribution < 1.29 is 0 Å². The van der Waals surface area contributed by atoms with Gasteiger partial charge in [0.15, 0.2) is 0 Å². The van der Waals surface area contributed by atoms with Crippen LogP contribution in [0.1, 0.15) is 5.69 Å². The molecule has 0 aliphatic heterocycles. The van der Waals surface area contributed by atoms with Crippen LogP contribution < -0.4 is 0 Å². The van der Waals surface area contributed by atoms with E-state index in [1.807, 2.05) is 18.4 Å². The van der Waals surface area contributed by atoms with Crippen molar-refractivity contribution in [2.75, 3.05) is 0 Å². The van der Waals surface area contributed by atoms with Gasteiger partial charge >= 0.3 is 0 Å². The maximum absolute atomic E-state index is 5.90. The number of nitrogens with zero attached hydrogens (tertiary/aromatic N) is 1. The summed E-state index contributed by atoms with van der Waals surface area (Å²) in [5, 5.41) is 3.83. The number of aryl methyl sites for hydroxylation is 1. The smallest absolute Gasteiger partial charge is 0.147 e. The molecule has 0 aromatic carbocycles. The van der Waals surface area contributed by atoms with Gasteiger partial charge in [-0.3, -0.25) is 0 Å². The highest BCUT2D eigenvalue weighted by Gasteiger charge is 2.01. The fourth-order valence-electron chi connectivity index (χ4n) is 1.06. The Kier molecular flexibility index (Phi) is 1.59.